The zero-order chi connectivity index (χ0) is 14.9. The summed E-state index contributed by atoms with van der Waals surface area (Å²) in [5.74, 6) is 0. The van der Waals surface area contributed by atoms with Gasteiger partial charge in [-0.2, -0.15) is 4.31 Å². The van der Waals surface area contributed by atoms with E-state index in [9.17, 15) is 8.42 Å². The summed E-state index contributed by atoms with van der Waals surface area (Å²) in [6.07, 6.45) is 4.05. The molecule has 0 aromatic heterocycles. The van der Waals surface area contributed by atoms with Crippen molar-refractivity contribution in [2.75, 3.05) is 12.3 Å². The second-order valence-electron chi connectivity index (χ2n) is 5.26. The third kappa shape index (κ3) is 2.80. The van der Waals surface area contributed by atoms with E-state index in [-0.39, 0.29) is 10.9 Å². The van der Waals surface area contributed by atoms with Crippen molar-refractivity contribution in [1.82, 2.24) is 4.31 Å². The predicted octanol–water partition coefficient (Wildman–Crippen LogP) is 3.18. The molecule has 0 amide bonds. The fraction of sp³-hybridized carbons (Fsp3) is 0.571. The minimum absolute atomic E-state index is 0.101. The normalized spacial score (nSPS) is 17.0. The number of nitrogens with zero attached hydrogens (tertiary/aromatic N) is 1. The number of hydrogen-bond donors (Lipinski definition) is 1. The molecule has 1 fully saturated rings. The Morgan fingerprint density at radius 2 is 1.95 bits per heavy atom. The standard InChI is InChI=1S/C14H21ClN2O2S/c1-3-17(12-6-4-5-7-12)20(18,19)14-9-11(15)8-13(16)10(14)2/h8-9,12H,3-7,16H2,1-2H3. The Morgan fingerprint density at radius 1 is 1.35 bits per heavy atom. The van der Waals surface area contributed by atoms with E-state index in [1.165, 1.54) is 6.07 Å². The molecule has 2 rings (SSSR count). The van der Waals surface area contributed by atoms with E-state index in [1.54, 1.807) is 17.3 Å². The summed E-state index contributed by atoms with van der Waals surface area (Å²) in [6.45, 7) is 4.07. The minimum Gasteiger partial charge on any atom is -0.398 e. The first-order chi connectivity index (χ1) is 9.37. The van der Waals surface area contributed by atoms with E-state index in [4.69, 9.17) is 17.3 Å². The molecular weight excluding hydrogens is 296 g/mol. The lowest BCUT2D eigenvalue weighted by Crippen LogP contribution is -2.38. The van der Waals surface area contributed by atoms with Gasteiger partial charge in [-0.1, -0.05) is 31.4 Å². The van der Waals surface area contributed by atoms with Crippen molar-refractivity contribution in [2.45, 2.75) is 50.5 Å². The van der Waals surface area contributed by atoms with Crippen LogP contribution in [0.2, 0.25) is 5.02 Å². The molecule has 1 aliphatic rings. The molecule has 6 heteroatoms. The molecule has 0 saturated heterocycles. The molecule has 1 aromatic carbocycles. The number of nitrogens with two attached hydrogens (primary N) is 1. The van der Waals surface area contributed by atoms with Gasteiger partial charge in [0.05, 0.1) is 4.90 Å². The molecular formula is C14H21ClN2O2S. The zero-order valence-electron chi connectivity index (χ0n) is 11.9. The van der Waals surface area contributed by atoms with E-state index >= 15 is 0 Å². The van der Waals surface area contributed by atoms with Crippen molar-refractivity contribution in [2.24, 2.45) is 0 Å². The maximum Gasteiger partial charge on any atom is 0.243 e. The summed E-state index contributed by atoms with van der Waals surface area (Å²) < 4.78 is 27.4. The van der Waals surface area contributed by atoms with Gasteiger partial charge in [-0.05, 0) is 37.5 Å². The second kappa shape index (κ2) is 5.92. The third-order valence-corrected chi connectivity index (χ3v) is 6.37. The van der Waals surface area contributed by atoms with Gasteiger partial charge in [-0.3, -0.25) is 0 Å². The van der Waals surface area contributed by atoms with Crippen molar-refractivity contribution < 1.29 is 8.42 Å². The van der Waals surface area contributed by atoms with Crippen molar-refractivity contribution in [3.05, 3.63) is 22.7 Å². The summed E-state index contributed by atoms with van der Waals surface area (Å²) >= 11 is 5.97. The molecule has 1 saturated carbocycles. The molecule has 20 heavy (non-hydrogen) atoms. The molecule has 0 unspecified atom stereocenters. The molecule has 1 aromatic rings. The Kier molecular flexibility index (Phi) is 4.62. The van der Waals surface area contributed by atoms with Crippen LogP contribution in [0.4, 0.5) is 5.69 Å². The average Bonchev–Trinajstić information content (AvgIpc) is 2.87. The van der Waals surface area contributed by atoms with Crippen LogP contribution < -0.4 is 5.73 Å². The average molecular weight is 317 g/mol. The number of hydrogen-bond acceptors (Lipinski definition) is 3. The third-order valence-electron chi connectivity index (χ3n) is 4.00. The van der Waals surface area contributed by atoms with Crippen LogP contribution >= 0.6 is 11.6 Å². The Hall–Kier alpha value is -0.780. The van der Waals surface area contributed by atoms with Crippen LogP contribution in [0.15, 0.2) is 17.0 Å². The topological polar surface area (TPSA) is 63.4 Å². The van der Waals surface area contributed by atoms with E-state index < -0.39 is 10.0 Å². The SMILES string of the molecule is CCN(C1CCCC1)S(=O)(=O)c1cc(Cl)cc(N)c1C. The Balaban J connectivity index is 2.48. The van der Waals surface area contributed by atoms with E-state index in [0.717, 1.165) is 25.7 Å². The Bertz CT molecular complexity index is 595. The summed E-state index contributed by atoms with van der Waals surface area (Å²) in [5, 5.41) is 0.356. The fourth-order valence-electron chi connectivity index (χ4n) is 2.89. The molecule has 1 aliphatic carbocycles. The van der Waals surface area contributed by atoms with Crippen LogP contribution in [0.1, 0.15) is 38.2 Å². The smallest absolute Gasteiger partial charge is 0.243 e. The van der Waals surface area contributed by atoms with Gasteiger partial charge in [-0.25, -0.2) is 8.42 Å². The monoisotopic (exact) mass is 316 g/mol. The quantitative estimate of drug-likeness (QED) is 0.868. The summed E-state index contributed by atoms with van der Waals surface area (Å²) in [6, 6.07) is 3.19. The van der Waals surface area contributed by atoms with Crippen molar-refractivity contribution in [3.8, 4) is 0 Å². The van der Waals surface area contributed by atoms with Gasteiger partial charge in [0.1, 0.15) is 0 Å². The fourth-order valence-corrected chi connectivity index (χ4v) is 5.15. The van der Waals surface area contributed by atoms with Crippen molar-refractivity contribution >= 4 is 27.3 Å². The summed E-state index contributed by atoms with van der Waals surface area (Å²) in [7, 11) is -3.54. The molecule has 0 bridgehead atoms. The van der Waals surface area contributed by atoms with E-state index in [1.807, 2.05) is 6.92 Å². The highest BCUT2D eigenvalue weighted by molar-refractivity contribution is 7.89. The molecule has 0 aliphatic heterocycles. The number of rotatable bonds is 4. The molecule has 4 nitrogen and oxygen atoms in total. The van der Waals surface area contributed by atoms with Crippen LogP contribution in [0.3, 0.4) is 0 Å². The maximum atomic E-state index is 12.9. The molecule has 0 atom stereocenters. The van der Waals surface area contributed by atoms with Crippen molar-refractivity contribution in [1.29, 1.82) is 0 Å². The van der Waals surface area contributed by atoms with Gasteiger partial charge in [0.2, 0.25) is 10.0 Å². The molecule has 0 radical (unpaired) electrons. The number of nitrogen functional groups attached to an aromatic ring is 1. The highest BCUT2D eigenvalue weighted by atomic mass is 35.5. The predicted molar refractivity (Wildman–Crippen MR) is 82.4 cm³/mol. The van der Waals surface area contributed by atoms with Gasteiger partial charge in [-0.15, -0.1) is 0 Å². The van der Waals surface area contributed by atoms with Crippen molar-refractivity contribution in [3.63, 3.8) is 0 Å². The number of sulfonamides is 1. The van der Waals surface area contributed by atoms with Crippen LogP contribution in [0.25, 0.3) is 0 Å². The van der Waals surface area contributed by atoms with Crippen LogP contribution in [-0.4, -0.2) is 25.3 Å². The maximum absolute atomic E-state index is 12.9. The number of anilines is 1. The van der Waals surface area contributed by atoms with Gasteiger partial charge in [0.25, 0.3) is 0 Å². The zero-order valence-corrected chi connectivity index (χ0v) is 13.5. The van der Waals surface area contributed by atoms with Gasteiger partial charge in [0.15, 0.2) is 0 Å². The largest absolute Gasteiger partial charge is 0.398 e. The molecule has 112 valence electrons. The first kappa shape index (κ1) is 15.6. The lowest BCUT2D eigenvalue weighted by molar-refractivity contribution is 0.335. The van der Waals surface area contributed by atoms with Gasteiger partial charge >= 0.3 is 0 Å². The van der Waals surface area contributed by atoms with E-state index in [0.29, 0.717) is 22.8 Å². The van der Waals surface area contributed by atoms with Gasteiger partial charge in [0, 0.05) is 23.3 Å². The minimum atomic E-state index is -3.54. The summed E-state index contributed by atoms with van der Waals surface area (Å²) in [4.78, 5) is 0.233. The van der Waals surface area contributed by atoms with Gasteiger partial charge < -0.3 is 5.73 Å². The first-order valence-corrected chi connectivity index (χ1v) is 8.77. The molecule has 2 N–H and O–H groups in total. The lowest BCUT2D eigenvalue weighted by Gasteiger charge is -2.27. The van der Waals surface area contributed by atoms with E-state index in [2.05, 4.69) is 0 Å². The van der Waals surface area contributed by atoms with Crippen LogP contribution in [0.5, 0.6) is 0 Å². The molecule has 0 spiro atoms. The first-order valence-electron chi connectivity index (χ1n) is 6.95. The number of halogens is 1. The Morgan fingerprint density at radius 3 is 2.50 bits per heavy atom. The Labute approximate surface area is 126 Å². The molecule has 0 heterocycles. The second-order valence-corrected chi connectivity index (χ2v) is 7.56. The highest BCUT2D eigenvalue weighted by Gasteiger charge is 2.33. The van der Waals surface area contributed by atoms with Crippen LogP contribution in [0, 0.1) is 6.92 Å². The summed E-state index contributed by atoms with van der Waals surface area (Å²) in [5.41, 5.74) is 6.84. The lowest BCUT2D eigenvalue weighted by atomic mass is 10.2. The van der Waals surface area contributed by atoms with Crippen LogP contribution in [-0.2, 0) is 10.0 Å². The number of benzene rings is 1. The highest BCUT2D eigenvalue weighted by Crippen LogP contribution is 2.32.